The molecule has 1 N–H and O–H groups in total. The highest BCUT2D eigenvalue weighted by Gasteiger charge is 2.13. The van der Waals surface area contributed by atoms with Gasteiger partial charge in [0.05, 0.1) is 0 Å². The van der Waals surface area contributed by atoms with Crippen molar-refractivity contribution in [2.24, 2.45) is 0 Å². The maximum atomic E-state index is 5.95. The molecule has 2 rings (SSSR count). The lowest BCUT2D eigenvalue weighted by atomic mass is 10.1. The maximum Gasteiger partial charge on any atom is 0.129 e. The van der Waals surface area contributed by atoms with Gasteiger partial charge in [-0.05, 0) is 23.9 Å². The standard InChI is InChI=1S/C8H6Cl2N2/c9-7-3-5-1-2-11-8(10)6(5)4-12-7/h1-4,8,11H. The van der Waals surface area contributed by atoms with Crippen LogP contribution in [0.1, 0.15) is 16.6 Å². The second kappa shape index (κ2) is 2.96. The molecule has 0 saturated carbocycles. The van der Waals surface area contributed by atoms with Crippen LogP contribution in [0.3, 0.4) is 0 Å². The minimum absolute atomic E-state index is 0.199. The largest absolute Gasteiger partial charge is 0.372 e. The molecule has 0 bridgehead atoms. The molecule has 1 atom stereocenters. The van der Waals surface area contributed by atoms with Crippen molar-refractivity contribution >= 4 is 29.3 Å². The topological polar surface area (TPSA) is 24.9 Å². The number of fused-ring (bicyclic) bond motifs is 1. The van der Waals surface area contributed by atoms with Crippen molar-refractivity contribution in [3.05, 3.63) is 34.7 Å². The number of halogens is 2. The third kappa shape index (κ3) is 1.28. The lowest BCUT2D eigenvalue weighted by Gasteiger charge is -2.16. The van der Waals surface area contributed by atoms with E-state index in [4.69, 9.17) is 23.2 Å². The van der Waals surface area contributed by atoms with Crippen LogP contribution in [-0.4, -0.2) is 4.98 Å². The molecule has 1 unspecified atom stereocenters. The Balaban J connectivity index is 2.55. The summed E-state index contributed by atoms with van der Waals surface area (Å²) < 4.78 is 0. The summed E-state index contributed by atoms with van der Waals surface area (Å²) in [5, 5.41) is 3.45. The number of hydrogen-bond acceptors (Lipinski definition) is 2. The van der Waals surface area contributed by atoms with E-state index in [0.717, 1.165) is 11.1 Å². The van der Waals surface area contributed by atoms with Crippen LogP contribution in [0, 0.1) is 0 Å². The normalized spacial score (nSPS) is 20.0. The van der Waals surface area contributed by atoms with Gasteiger partial charge < -0.3 is 5.32 Å². The highest BCUT2D eigenvalue weighted by Crippen LogP contribution is 2.26. The average Bonchev–Trinajstić information content (AvgIpc) is 2.04. The zero-order chi connectivity index (χ0) is 8.55. The maximum absolute atomic E-state index is 5.95. The van der Waals surface area contributed by atoms with E-state index in [1.807, 2.05) is 6.08 Å². The summed E-state index contributed by atoms with van der Waals surface area (Å²) >= 11 is 11.7. The van der Waals surface area contributed by atoms with Crippen LogP contribution in [0.25, 0.3) is 6.08 Å². The molecule has 1 aromatic heterocycles. The molecule has 4 heteroatoms. The van der Waals surface area contributed by atoms with E-state index in [0.29, 0.717) is 5.15 Å². The van der Waals surface area contributed by atoms with Crippen molar-refractivity contribution in [3.63, 3.8) is 0 Å². The molecule has 0 radical (unpaired) electrons. The molecule has 62 valence electrons. The SMILES string of the molecule is Clc1cc2c(cn1)C(Cl)NC=C2. The molecular weight excluding hydrogens is 195 g/mol. The van der Waals surface area contributed by atoms with E-state index in [1.54, 1.807) is 18.5 Å². The molecule has 1 aliphatic rings. The lowest BCUT2D eigenvalue weighted by molar-refractivity contribution is 0.815. The van der Waals surface area contributed by atoms with Crippen LogP contribution >= 0.6 is 23.2 Å². The number of nitrogens with zero attached hydrogens (tertiary/aromatic N) is 1. The van der Waals surface area contributed by atoms with Gasteiger partial charge in [-0.2, -0.15) is 0 Å². The molecule has 0 spiro atoms. The first-order valence-corrected chi connectivity index (χ1v) is 4.31. The number of rotatable bonds is 0. The Morgan fingerprint density at radius 3 is 3.17 bits per heavy atom. The fourth-order valence-electron chi connectivity index (χ4n) is 1.12. The average molecular weight is 201 g/mol. The third-order valence-corrected chi connectivity index (χ3v) is 2.28. The molecule has 0 fully saturated rings. The molecule has 0 amide bonds. The number of hydrogen-bond donors (Lipinski definition) is 1. The summed E-state index contributed by atoms with van der Waals surface area (Å²) in [5.41, 5.74) is 1.78. The van der Waals surface area contributed by atoms with Crippen LogP contribution in [0.5, 0.6) is 0 Å². The van der Waals surface area contributed by atoms with E-state index in [-0.39, 0.29) is 5.50 Å². The van der Waals surface area contributed by atoms with Gasteiger partial charge in [0.1, 0.15) is 10.7 Å². The van der Waals surface area contributed by atoms with Crippen molar-refractivity contribution in [2.45, 2.75) is 5.50 Å². The third-order valence-electron chi connectivity index (χ3n) is 1.71. The molecule has 1 aliphatic heterocycles. The summed E-state index contributed by atoms with van der Waals surface area (Å²) in [5.74, 6) is 0. The van der Waals surface area contributed by atoms with Gasteiger partial charge in [-0.15, -0.1) is 0 Å². The number of alkyl halides is 1. The summed E-state index contributed by atoms with van der Waals surface area (Å²) in [6, 6.07) is 1.80. The van der Waals surface area contributed by atoms with Gasteiger partial charge in [0.2, 0.25) is 0 Å². The lowest BCUT2D eigenvalue weighted by Crippen LogP contribution is -2.14. The number of nitrogens with one attached hydrogen (secondary N) is 1. The Hall–Kier alpha value is -0.730. The Bertz CT molecular complexity index is 336. The monoisotopic (exact) mass is 200 g/mol. The predicted octanol–water partition coefficient (Wildman–Crippen LogP) is 2.55. The zero-order valence-corrected chi connectivity index (χ0v) is 7.60. The second-order valence-corrected chi connectivity index (χ2v) is 3.32. The van der Waals surface area contributed by atoms with Crippen molar-refractivity contribution < 1.29 is 0 Å². The van der Waals surface area contributed by atoms with Gasteiger partial charge in [0.25, 0.3) is 0 Å². The second-order valence-electron chi connectivity index (χ2n) is 2.50. The van der Waals surface area contributed by atoms with Crippen molar-refractivity contribution in [1.82, 2.24) is 10.3 Å². The van der Waals surface area contributed by atoms with E-state index in [9.17, 15) is 0 Å². The molecule has 0 aromatic carbocycles. The van der Waals surface area contributed by atoms with E-state index >= 15 is 0 Å². The Morgan fingerprint density at radius 2 is 2.33 bits per heavy atom. The summed E-state index contributed by atoms with van der Waals surface area (Å²) in [6.45, 7) is 0. The Labute approximate surface area is 80.2 Å². The predicted molar refractivity (Wildman–Crippen MR) is 50.0 cm³/mol. The summed E-state index contributed by atoms with van der Waals surface area (Å²) in [6.07, 6.45) is 5.41. The van der Waals surface area contributed by atoms with Gasteiger partial charge in [-0.3, -0.25) is 0 Å². The fraction of sp³-hybridized carbons (Fsp3) is 0.125. The molecule has 2 heterocycles. The molecule has 2 nitrogen and oxygen atoms in total. The quantitative estimate of drug-likeness (QED) is 0.396. The zero-order valence-electron chi connectivity index (χ0n) is 6.09. The molecule has 0 aliphatic carbocycles. The molecule has 12 heavy (non-hydrogen) atoms. The van der Waals surface area contributed by atoms with Gasteiger partial charge in [0, 0.05) is 11.8 Å². The Morgan fingerprint density at radius 1 is 1.50 bits per heavy atom. The van der Waals surface area contributed by atoms with E-state index in [1.165, 1.54) is 0 Å². The van der Waals surface area contributed by atoms with Crippen molar-refractivity contribution in [2.75, 3.05) is 0 Å². The van der Waals surface area contributed by atoms with Crippen LogP contribution in [0.2, 0.25) is 5.15 Å². The minimum Gasteiger partial charge on any atom is -0.372 e. The van der Waals surface area contributed by atoms with Gasteiger partial charge in [0.15, 0.2) is 0 Å². The van der Waals surface area contributed by atoms with Gasteiger partial charge >= 0.3 is 0 Å². The summed E-state index contributed by atoms with van der Waals surface area (Å²) in [7, 11) is 0. The van der Waals surface area contributed by atoms with Crippen molar-refractivity contribution in [1.29, 1.82) is 0 Å². The minimum atomic E-state index is -0.199. The highest BCUT2D eigenvalue weighted by atomic mass is 35.5. The van der Waals surface area contributed by atoms with Crippen LogP contribution in [0.15, 0.2) is 18.5 Å². The fourth-order valence-corrected chi connectivity index (χ4v) is 1.54. The molecule has 0 saturated heterocycles. The Kier molecular flexibility index (Phi) is 1.95. The van der Waals surface area contributed by atoms with Crippen LogP contribution in [-0.2, 0) is 0 Å². The van der Waals surface area contributed by atoms with E-state index < -0.39 is 0 Å². The molecule has 1 aromatic rings. The van der Waals surface area contributed by atoms with E-state index in [2.05, 4.69) is 10.3 Å². The van der Waals surface area contributed by atoms with Crippen LogP contribution in [0.4, 0.5) is 0 Å². The summed E-state index contributed by atoms with van der Waals surface area (Å²) in [4.78, 5) is 3.95. The van der Waals surface area contributed by atoms with Crippen molar-refractivity contribution in [3.8, 4) is 0 Å². The first-order chi connectivity index (χ1) is 5.77. The molecular formula is C8H6Cl2N2. The number of pyridine rings is 1. The highest BCUT2D eigenvalue weighted by molar-refractivity contribution is 6.29. The van der Waals surface area contributed by atoms with Gasteiger partial charge in [-0.25, -0.2) is 4.98 Å². The smallest absolute Gasteiger partial charge is 0.129 e. The first-order valence-electron chi connectivity index (χ1n) is 3.49. The first kappa shape index (κ1) is 7.90. The number of aromatic nitrogens is 1. The van der Waals surface area contributed by atoms with Crippen LogP contribution < -0.4 is 5.32 Å². The van der Waals surface area contributed by atoms with Gasteiger partial charge in [-0.1, -0.05) is 23.2 Å².